The highest BCUT2D eigenvalue weighted by atomic mass is 35.5. The average Bonchev–Trinajstić information content (AvgIpc) is 3.32. The highest BCUT2D eigenvalue weighted by Gasteiger charge is 2.33. The second kappa shape index (κ2) is 10.2. The Kier molecular flexibility index (Phi) is 7.39. The number of nitrogens with zero attached hydrogens (tertiary/aromatic N) is 1. The van der Waals surface area contributed by atoms with Gasteiger partial charge < -0.3 is 0 Å². The maximum atomic E-state index is 13.6. The van der Waals surface area contributed by atoms with Crippen LogP contribution in [0.15, 0.2) is 88.7 Å². The van der Waals surface area contributed by atoms with Crippen molar-refractivity contribution in [1.29, 1.82) is 0 Å². The fourth-order valence-corrected chi connectivity index (χ4v) is 6.61. The van der Waals surface area contributed by atoms with E-state index < -0.39 is 10.0 Å². The van der Waals surface area contributed by atoms with Crippen LogP contribution < -0.4 is 0 Å². The summed E-state index contributed by atoms with van der Waals surface area (Å²) in [5.41, 5.74) is 2.20. The highest BCUT2D eigenvalue weighted by molar-refractivity contribution is 7.98. The molecule has 0 atom stereocenters. The predicted octanol–water partition coefficient (Wildman–Crippen LogP) is 6.77. The van der Waals surface area contributed by atoms with Gasteiger partial charge in [0.2, 0.25) is 10.0 Å². The van der Waals surface area contributed by atoms with E-state index in [-0.39, 0.29) is 6.04 Å². The van der Waals surface area contributed by atoms with Crippen molar-refractivity contribution >= 4 is 33.4 Å². The van der Waals surface area contributed by atoms with Gasteiger partial charge in [0.1, 0.15) is 0 Å². The first kappa shape index (κ1) is 22.4. The molecule has 0 aromatic heterocycles. The summed E-state index contributed by atoms with van der Waals surface area (Å²) in [6.07, 6.45) is 3.98. The summed E-state index contributed by atoms with van der Waals surface area (Å²) in [5.74, 6) is 0.859. The Bertz CT molecular complexity index is 1080. The summed E-state index contributed by atoms with van der Waals surface area (Å²) < 4.78 is 28.8. The molecule has 0 saturated heterocycles. The first-order valence-corrected chi connectivity index (χ1v) is 13.4. The summed E-state index contributed by atoms with van der Waals surface area (Å²) in [5, 5.41) is 0.655. The molecular weight excluding hydrogens is 446 g/mol. The molecule has 0 N–H and O–H groups in total. The fraction of sp³-hybridized carbons (Fsp3) is 0.280. The van der Waals surface area contributed by atoms with Gasteiger partial charge in [0.25, 0.3) is 0 Å². The number of hydrogen-bond acceptors (Lipinski definition) is 3. The van der Waals surface area contributed by atoms with E-state index in [0.29, 0.717) is 16.5 Å². The van der Waals surface area contributed by atoms with Gasteiger partial charge in [0, 0.05) is 28.3 Å². The average molecular weight is 472 g/mol. The van der Waals surface area contributed by atoms with Crippen molar-refractivity contribution in [3.63, 3.8) is 0 Å². The highest BCUT2D eigenvalue weighted by Crippen LogP contribution is 2.31. The molecule has 4 rings (SSSR count). The summed E-state index contributed by atoms with van der Waals surface area (Å²) in [6.45, 7) is 0.370. The van der Waals surface area contributed by atoms with Gasteiger partial charge >= 0.3 is 0 Å². The maximum absolute atomic E-state index is 13.6. The molecule has 31 heavy (non-hydrogen) atoms. The normalized spacial score (nSPS) is 14.9. The van der Waals surface area contributed by atoms with Crippen LogP contribution in [0.4, 0.5) is 0 Å². The Hall–Kier alpha value is -1.79. The van der Waals surface area contributed by atoms with E-state index in [4.69, 9.17) is 11.6 Å². The molecule has 162 valence electrons. The number of sulfonamides is 1. The second-order valence-electron chi connectivity index (χ2n) is 7.86. The van der Waals surface area contributed by atoms with Crippen LogP contribution in [0.5, 0.6) is 0 Å². The van der Waals surface area contributed by atoms with Gasteiger partial charge in [0.05, 0.1) is 4.90 Å². The summed E-state index contributed by atoms with van der Waals surface area (Å²) in [7, 11) is -3.59. The van der Waals surface area contributed by atoms with Crippen molar-refractivity contribution in [3.8, 4) is 0 Å². The minimum absolute atomic E-state index is 0.0489. The molecule has 0 unspecified atom stereocenters. The molecule has 0 radical (unpaired) electrons. The molecule has 1 fully saturated rings. The standard InChI is InChI=1S/C25H26ClNO2S2/c26-22-12-10-20(11-13-22)18-27(23-8-4-5-9-23)31(28,29)25-16-14-24(15-17-25)30-19-21-6-2-1-3-7-21/h1-3,6-7,10-17,23H,4-5,8-9,18-19H2. The van der Waals surface area contributed by atoms with Crippen molar-refractivity contribution in [2.75, 3.05) is 0 Å². The van der Waals surface area contributed by atoms with Crippen molar-refractivity contribution in [1.82, 2.24) is 4.31 Å². The number of halogens is 1. The van der Waals surface area contributed by atoms with E-state index in [1.165, 1.54) is 5.56 Å². The van der Waals surface area contributed by atoms with Gasteiger partial charge in [-0.3, -0.25) is 0 Å². The lowest BCUT2D eigenvalue weighted by Gasteiger charge is -2.28. The number of rotatable bonds is 8. The van der Waals surface area contributed by atoms with E-state index in [9.17, 15) is 8.42 Å². The van der Waals surface area contributed by atoms with Crippen molar-refractivity contribution in [2.45, 2.75) is 53.8 Å². The molecule has 1 aliphatic carbocycles. The Morgan fingerprint density at radius 1 is 0.839 bits per heavy atom. The van der Waals surface area contributed by atoms with Crippen LogP contribution >= 0.6 is 23.4 Å². The molecule has 0 aliphatic heterocycles. The van der Waals surface area contributed by atoms with E-state index in [1.54, 1.807) is 28.2 Å². The molecule has 0 heterocycles. The maximum Gasteiger partial charge on any atom is 0.243 e. The topological polar surface area (TPSA) is 37.4 Å². The van der Waals surface area contributed by atoms with Crippen LogP contribution in [-0.2, 0) is 22.3 Å². The summed E-state index contributed by atoms with van der Waals surface area (Å²) in [6, 6.07) is 25.1. The van der Waals surface area contributed by atoms with Crippen molar-refractivity contribution in [2.24, 2.45) is 0 Å². The second-order valence-corrected chi connectivity index (χ2v) is 11.2. The minimum atomic E-state index is -3.59. The third kappa shape index (κ3) is 5.72. The molecule has 0 amide bonds. The lowest BCUT2D eigenvalue weighted by Crippen LogP contribution is -2.38. The smallest absolute Gasteiger partial charge is 0.207 e. The molecule has 1 saturated carbocycles. The Morgan fingerprint density at radius 3 is 2.13 bits per heavy atom. The Labute approximate surface area is 194 Å². The Balaban J connectivity index is 1.52. The van der Waals surface area contributed by atoms with Gasteiger partial charge in [-0.1, -0.05) is 66.9 Å². The molecule has 3 aromatic carbocycles. The van der Waals surface area contributed by atoms with Crippen LogP contribution in [0.1, 0.15) is 36.8 Å². The first-order chi connectivity index (χ1) is 15.0. The van der Waals surface area contributed by atoms with Crippen LogP contribution in [0.25, 0.3) is 0 Å². The molecule has 1 aliphatic rings. The monoisotopic (exact) mass is 471 g/mol. The lowest BCUT2D eigenvalue weighted by molar-refractivity contribution is 0.316. The van der Waals surface area contributed by atoms with E-state index >= 15 is 0 Å². The van der Waals surface area contributed by atoms with Crippen LogP contribution in [-0.4, -0.2) is 18.8 Å². The zero-order valence-corrected chi connectivity index (χ0v) is 19.7. The molecule has 6 heteroatoms. The van der Waals surface area contributed by atoms with Gasteiger partial charge in [-0.05, 0) is 60.4 Å². The van der Waals surface area contributed by atoms with Crippen LogP contribution in [0.3, 0.4) is 0 Å². The summed E-state index contributed by atoms with van der Waals surface area (Å²) in [4.78, 5) is 1.42. The third-order valence-corrected chi connectivity index (χ3v) is 8.91. The van der Waals surface area contributed by atoms with E-state index in [1.807, 2.05) is 54.6 Å². The molecular formula is C25H26ClNO2S2. The molecule has 3 aromatic rings. The van der Waals surface area contributed by atoms with Gasteiger partial charge in [-0.2, -0.15) is 4.31 Å². The van der Waals surface area contributed by atoms with E-state index in [2.05, 4.69) is 12.1 Å². The number of hydrogen-bond donors (Lipinski definition) is 0. The quantitative estimate of drug-likeness (QED) is 0.340. The van der Waals surface area contributed by atoms with Crippen molar-refractivity contribution in [3.05, 3.63) is 95.0 Å². The third-order valence-electron chi connectivity index (χ3n) is 5.66. The molecule has 3 nitrogen and oxygen atoms in total. The van der Waals surface area contributed by atoms with Gasteiger partial charge in [0.15, 0.2) is 0 Å². The SMILES string of the molecule is O=S(=O)(c1ccc(SCc2ccccc2)cc1)N(Cc1ccc(Cl)cc1)C1CCCC1. The zero-order valence-electron chi connectivity index (χ0n) is 17.3. The Morgan fingerprint density at radius 2 is 1.48 bits per heavy atom. The van der Waals surface area contributed by atoms with Crippen molar-refractivity contribution < 1.29 is 8.42 Å². The van der Waals surface area contributed by atoms with E-state index in [0.717, 1.165) is 41.9 Å². The lowest BCUT2D eigenvalue weighted by atomic mass is 10.2. The zero-order chi connectivity index (χ0) is 21.7. The van der Waals surface area contributed by atoms with Crippen LogP contribution in [0.2, 0.25) is 5.02 Å². The largest absolute Gasteiger partial charge is 0.243 e. The fourth-order valence-electron chi connectivity index (χ4n) is 3.96. The van der Waals surface area contributed by atoms with Crippen LogP contribution in [0, 0.1) is 0 Å². The van der Waals surface area contributed by atoms with Gasteiger partial charge in [-0.15, -0.1) is 11.8 Å². The molecule has 0 bridgehead atoms. The summed E-state index contributed by atoms with van der Waals surface area (Å²) >= 11 is 7.72. The number of benzene rings is 3. The minimum Gasteiger partial charge on any atom is -0.207 e. The first-order valence-electron chi connectivity index (χ1n) is 10.6. The predicted molar refractivity (Wildman–Crippen MR) is 129 cm³/mol. The number of thioether (sulfide) groups is 1. The molecule has 0 spiro atoms. The van der Waals surface area contributed by atoms with Gasteiger partial charge in [-0.25, -0.2) is 8.42 Å².